The summed E-state index contributed by atoms with van der Waals surface area (Å²) in [5.74, 6) is 5.82. The summed E-state index contributed by atoms with van der Waals surface area (Å²) in [6.45, 7) is 8.47. The van der Waals surface area contributed by atoms with Gasteiger partial charge in [0.25, 0.3) is 0 Å². The van der Waals surface area contributed by atoms with E-state index in [0.29, 0.717) is 12.1 Å². The average molecular weight is 319 g/mol. The zero-order valence-electron chi connectivity index (χ0n) is 14.0. The third-order valence-electron chi connectivity index (χ3n) is 3.26. The van der Waals surface area contributed by atoms with Gasteiger partial charge in [0.15, 0.2) is 5.54 Å². The molecule has 120 valence electrons. The van der Waals surface area contributed by atoms with Gasteiger partial charge in [0.1, 0.15) is 5.75 Å². The fraction of sp³-hybridized carbons (Fsp3) is 0.471. The summed E-state index contributed by atoms with van der Waals surface area (Å²) in [5.41, 5.74) is -0.541. The molecule has 0 aliphatic rings. The SMILES string of the molecule is CCC(C#CC[Si](C)(C)C)(Nc1ccc(OC)cc1)C(=O)O. The van der Waals surface area contributed by atoms with Crippen LogP contribution in [0.25, 0.3) is 0 Å². The number of carboxylic acids is 1. The first-order valence-corrected chi connectivity index (χ1v) is 11.1. The van der Waals surface area contributed by atoms with E-state index in [-0.39, 0.29) is 0 Å². The topological polar surface area (TPSA) is 58.6 Å². The van der Waals surface area contributed by atoms with Crippen LogP contribution in [0.3, 0.4) is 0 Å². The van der Waals surface area contributed by atoms with E-state index in [1.54, 1.807) is 31.4 Å². The molecule has 0 saturated carbocycles. The molecule has 1 aromatic rings. The highest BCUT2D eigenvalue weighted by Crippen LogP contribution is 2.22. The number of aliphatic carboxylic acids is 1. The molecule has 0 saturated heterocycles. The number of benzene rings is 1. The van der Waals surface area contributed by atoms with E-state index < -0.39 is 19.6 Å². The van der Waals surface area contributed by atoms with Crippen LogP contribution in [0.15, 0.2) is 24.3 Å². The van der Waals surface area contributed by atoms with Gasteiger partial charge in [-0.25, -0.2) is 4.79 Å². The molecule has 0 aliphatic heterocycles. The number of hydrogen-bond acceptors (Lipinski definition) is 3. The smallest absolute Gasteiger partial charge is 0.342 e. The number of methoxy groups -OCH3 is 1. The molecule has 0 bridgehead atoms. The third kappa shape index (κ3) is 5.12. The molecule has 0 aliphatic carbocycles. The Morgan fingerprint density at radius 2 is 1.91 bits per heavy atom. The van der Waals surface area contributed by atoms with Gasteiger partial charge in [-0.1, -0.05) is 32.5 Å². The summed E-state index contributed by atoms with van der Waals surface area (Å²) in [5, 5.41) is 12.7. The van der Waals surface area contributed by atoms with Gasteiger partial charge < -0.3 is 15.2 Å². The van der Waals surface area contributed by atoms with E-state index in [1.165, 1.54) is 0 Å². The van der Waals surface area contributed by atoms with Crippen molar-refractivity contribution in [2.75, 3.05) is 12.4 Å². The minimum Gasteiger partial charge on any atom is -0.497 e. The number of nitrogens with one attached hydrogen (secondary N) is 1. The molecule has 0 spiro atoms. The van der Waals surface area contributed by atoms with Crippen LogP contribution >= 0.6 is 0 Å². The molecule has 0 radical (unpaired) electrons. The fourth-order valence-electron chi connectivity index (χ4n) is 1.85. The molecule has 0 amide bonds. The number of hydrogen-bond donors (Lipinski definition) is 2. The van der Waals surface area contributed by atoms with Gasteiger partial charge in [-0.15, -0.1) is 5.92 Å². The Kier molecular flexibility index (Phi) is 6.07. The Morgan fingerprint density at radius 3 is 2.32 bits per heavy atom. The standard InChI is InChI=1S/C17H25NO3Si/c1-6-17(16(19)20,12-7-13-22(3,4)5)18-14-8-10-15(21-2)11-9-14/h8-11,18H,6,13H2,1-5H3,(H,19,20). The molecule has 4 nitrogen and oxygen atoms in total. The van der Waals surface area contributed by atoms with Crippen molar-refractivity contribution in [3.05, 3.63) is 24.3 Å². The van der Waals surface area contributed by atoms with E-state index >= 15 is 0 Å². The van der Waals surface area contributed by atoms with Crippen molar-refractivity contribution < 1.29 is 14.6 Å². The summed E-state index contributed by atoms with van der Waals surface area (Å²) in [6.07, 6.45) is 0.382. The van der Waals surface area contributed by atoms with E-state index in [0.717, 1.165) is 11.8 Å². The van der Waals surface area contributed by atoms with Crippen molar-refractivity contribution >= 4 is 19.7 Å². The lowest BCUT2D eigenvalue weighted by molar-refractivity contribution is -0.140. The lowest BCUT2D eigenvalue weighted by atomic mass is 9.96. The van der Waals surface area contributed by atoms with E-state index in [1.807, 2.05) is 6.92 Å². The molecular formula is C17H25NO3Si. The van der Waals surface area contributed by atoms with Gasteiger partial charge in [0.2, 0.25) is 0 Å². The first-order valence-electron chi connectivity index (χ1n) is 7.38. The molecule has 0 aromatic heterocycles. The largest absolute Gasteiger partial charge is 0.497 e. The maximum Gasteiger partial charge on any atom is 0.342 e. The van der Waals surface area contributed by atoms with Crippen LogP contribution in [-0.4, -0.2) is 31.8 Å². The van der Waals surface area contributed by atoms with Crippen molar-refractivity contribution in [2.45, 2.75) is 44.6 Å². The number of carbonyl (C=O) groups is 1. The Labute approximate surface area is 133 Å². The van der Waals surface area contributed by atoms with Crippen LogP contribution in [0.5, 0.6) is 5.75 Å². The van der Waals surface area contributed by atoms with Gasteiger partial charge >= 0.3 is 5.97 Å². The molecule has 1 aromatic carbocycles. The van der Waals surface area contributed by atoms with Gasteiger partial charge in [0, 0.05) is 11.7 Å². The van der Waals surface area contributed by atoms with Crippen LogP contribution in [0.4, 0.5) is 5.69 Å². The predicted molar refractivity (Wildman–Crippen MR) is 93.2 cm³/mol. The van der Waals surface area contributed by atoms with Crippen molar-refractivity contribution in [1.82, 2.24) is 0 Å². The second kappa shape index (κ2) is 7.37. The minimum absolute atomic E-state index is 0.382. The maximum absolute atomic E-state index is 11.8. The Balaban J connectivity index is 3.03. The fourth-order valence-corrected chi connectivity index (χ4v) is 2.47. The summed E-state index contributed by atoms with van der Waals surface area (Å²) < 4.78 is 5.11. The highest BCUT2D eigenvalue weighted by molar-refractivity contribution is 6.76. The van der Waals surface area contributed by atoms with E-state index in [9.17, 15) is 9.90 Å². The molecule has 22 heavy (non-hydrogen) atoms. The lowest BCUT2D eigenvalue weighted by Crippen LogP contribution is -2.44. The Bertz CT molecular complexity index is 566. The summed E-state index contributed by atoms with van der Waals surface area (Å²) in [4.78, 5) is 11.8. The zero-order valence-corrected chi connectivity index (χ0v) is 15.0. The van der Waals surface area contributed by atoms with Crippen LogP contribution in [-0.2, 0) is 4.79 Å². The van der Waals surface area contributed by atoms with Crippen LogP contribution < -0.4 is 10.1 Å². The van der Waals surface area contributed by atoms with Gasteiger partial charge in [-0.05, 0) is 30.7 Å². The number of rotatable bonds is 6. The summed E-state index contributed by atoms with van der Waals surface area (Å²) in [6, 6.07) is 7.96. The predicted octanol–water partition coefficient (Wildman–Crippen LogP) is 3.68. The molecule has 2 N–H and O–H groups in total. The van der Waals surface area contributed by atoms with Gasteiger partial charge in [0.05, 0.1) is 15.2 Å². The molecule has 5 heteroatoms. The van der Waals surface area contributed by atoms with Crippen molar-refractivity contribution in [3.63, 3.8) is 0 Å². The third-order valence-corrected chi connectivity index (χ3v) is 4.50. The average Bonchev–Trinajstić information content (AvgIpc) is 2.45. The number of carboxylic acid groups (broad SMARTS) is 1. The quantitative estimate of drug-likeness (QED) is 0.620. The monoisotopic (exact) mass is 319 g/mol. The molecule has 0 heterocycles. The van der Waals surface area contributed by atoms with Gasteiger partial charge in [-0.3, -0.25) is 0 Å². The first-order chi connectivity index (χ1) is 10.2. The van der Waals surface area contributed by atoms with E-state index in [2.05, 4.69) is 36.8 Å². The van der Waals surface area contributed by atoms with Crippen LogP contribution in [0.2, 0.25) is 25.7 Å². The maximum atomic E-state index is 11.8. The van der Waals surface area contributed by atoms with Crippen molar-refractivity contribution in [2.24, 2.45) is 0 Å². The van der Waals surface area contributed by atoms with Crippen molar-refractivity contribution in [3.8, 4) is 17.6 Å². The van der Waals surface area contributed by atoms with Gasteiger partial charge in [-0.2, -0.15) is 0 Å². The number of anilines is 1. The Hall–Kier alpha value is -1.93. The molecule has 1 rings (SSSR count). The van der Waals surface area contributed by atoms with Crippen molar-refractivity contribution in [1.29, 1.82) is 0 Å². The highest BCUT2D eigenvalue weighted by atomic mass is 28.3. The molecule has 0 fully saturated rings. The molecule has 1 atom stereocenters. The summed E-state index contributed by atoms with van der Waals surface area (Å²) in [7, 11) is 0.275. The lowest BCUT2D eigenvalue weighted by Gasteiger charge is -2.25. The molecule has 1 unspecified atom stereocenters. The van der Waals surface area contributed by atoms with Crippen LogP contribution in [0.1, 0.15) is 13.3 Å². The second-order valence-corrected chi connectivity index (χ2v) is 11.9. The second-order valence-electron chi connectivity index (χ2n) is 6.46. The summed E-state index contributed by atoms with van der Waals surface area (Å²) >= 11 is 0. The zero-order chi connectivity index (χ0) is 16.8. The first kappa shape index (κ1) is 18.1. The number of ether oxygens (including phenoxy) is 1. The normalized spacial score (nSPS) is 13.5. The van der Waals surface area contributed by atoms with Crippen LogP contribution in [0, 0.1) is 11.8 Å². The molecular weight excluding hydrogens is 294 g/mol. The Morgan fingerprint density at radius 1 is 1.32 bits per heavy atom. The minimum atomic E-state index is -1.32. The van der Waals surface area contributed by atoms with E-state index in [4.69, 9.17) is 4.74 Å². The highest BCUT2D eigenvalue weighted by Gasteiger charge is 2.35.